The molecule has 0 atom stereocenters. The minimum atomic E-state index is -0.444. The molecule has 0 aliphatic rings. The Morgan fingerprint density at radius 3 is 2.12 bits per heavy atom. The molecule has 0 unspecified atom stereocenters. The van der Waals surface area contributed by atoms with Gasteiger partial charge in [-0.3, -0.25) is 4.79 Å². The molecule has 0 heterocycles. The van der Waals surface area contributed by atoms with Crippen molar-refractivity contribution >= 4 is 5.97 Å². The van der Waals surface area contributed by atoms with Crippen LogP contribution in [0.1, 0.15) is 33.3 Å². The molecule has 1 aromatic carbocycles. The zero-order valence-electron chi connectivity index (χ0n) is 10.7. The molecule has 3 heteroatoms. The molecule has 3 nitrogen and oxygen atoms in total. The lowest BCUT2D eigenvalue weighted by Crippen LogP contribution is -2.20. The summed E-state index contributed by atoms with van der Waals surface area (Å²) in [6.45, 7) is 10.8. The minimum absolute atomic E-state index is 0.324. The van der Waals surface area contributed by atoms with Crippen molar-refractivity contribution in [3.05, 3.63) is 42.2 Å². The zero-order valence-corrected chi connectivity index (χ0v) is 10.7. The van der Waals surface area contributed by atoms with E-state index in [0.717, 1.165) is 5.56 Å². The fraction of sp³-hybridized carbons (Fsp3) is 0.357. The summed E-state index contributed by atoms with van der Waals surface area (Å²) in [5.74, 6) is 0.877. The average Bonchev–Trinajstić information content (AvgIpc) is 2.15. The van der Waals surface area contributed by atoms with Gasteiger partial charge in [-0.05, 0) is 38.5 Å². The van der Waals surface area contributed by atoms with E-state index in [0.29, 0.717) is 11.5 Å². The van der Waals surface area contributed by atoms with Gasteiger partial charge in [0.2, 0.25) is 0 Å². The van der Waals surface area contributed by atoms with Gasteiger partial charge in [0.1, 0.15) is 11.4 Å². The van der Waals surface area contributed by atoms with E-state index in [2.05, 4.69) is 6.58 Å². The van der Waals surface area contributed by atoms with Crippen LogP contribution in [-0.4, -0.2) is 5.97 Å². The Morgan fingerprint density at radius 1 is 1.18 bits per heavy atom. The van der Waals surface area contributed by atoms with Crippen molar-refractivity contribution in [2.45, 2.75) is 33.3 Å². The van der Waals surface area contributed by atoms with Crippen LogP contribution in [0, 0.1) is 0 Å². The van der Waals surface area contributed by atoms with Gasteiger partial charge >= 0.3 is 5.97 Å². The van der Waals surface area contributed by atoms with E-state index < -0.39 is 5.60 Å². The summed E-state index contributed by atoms with van der Waals surface area (Å²) in [7, 11) is 0. The van der Waals surface area contributed by atoms with E-state index >= 15 is 0 Å². The fourth-order valence-electron chi connectivity index (χ4n) is 1.58. The quantitative estimate of drug-likeness (QED) is 0.455. The maximum Gasteiger partial charge on any atom is 0.308 e. The van der Waals surface area contributed by atoms with Gasteiger partial charge < -0.3 is 9.47 Å². The first kappa shape index (κ1) is 13.3. The Balaban J connectivity index is 2.86. The van der Waals surface area contributed by atoms with E-state index in [1.807, 2.05) is 32.9 Å². The lowest BCUT2D eigenvalue weighted by atomic mass is 9.98. The summed E-state index contributed by atoms with van der Waals surface area (Å²) in [5, 5.41) is 0. The van der Waals surface area contributed by atoms with E-state index in [-0.39, 0.29) is 5.97 Å². The average molecular weight is 234 g/mol. The van der Waals surface area contributed by atoms with Crippen molar-refractivity contribution in [3.63, 3.8) is 0 Å². The highest BCUT2D eigenvalue weighted by Gasteiger charge is 2.22. The molecule has 0 aliphatic carbocycles. The predicted molar refractivity (Wildman–Crippen MR) is 66.7 cm³/mol. The highest BCUT2D eigenvalue weighted by Crippen LogP contribution is 2.28. The molecular formula is C14H18O3. The van der Waals surface area contributed by atoms with Crippen molar-refractivity contribution in [2.75, 3.05) is 0 Å². The van der Waals surface area contributed by atoms with Gasteiger partial charge in [0, 0.05) is 6.92 Å². The molecule has 0 aliphatic heterocycles. The molecule has 0 radical (unpaired) electrons. The Morgan fingerprint density at radius 2 is 1.71 bits per heavy atom. The second-order valence-electron chi connectivity index (χ2n) is 4.43. The molecule has 0 amide bonds. The smallest absolute Gasteiger partial charge is 0.308 e. The first-order valence-electron chi connectivity index (χ1n) is 5.45. The number of carbonyl (C=O) groups excluding carboxylic acids is 1. The van der Waals surface area contributed by atoms with Crippen molar-refractivity contribution in [1.29, 1.82) is 0 Å². The van der Waals surface area contributed by atoms with Crippen molar-refractivity contribution in [1.82, 2.24) is 0 Å². The fourth-order valence-corrected chi connectivity index (χ4v) is 1.58. The Hall–Kier alpha value is -1.77. The standard InChI is InChI=1S/C14H18O3/c1-10(2)17-14(4,5)12-6-8-13(9-7-12)16-11(3)15/h6-9H,1H2,2-5H3. The van der Waals surface area contributed by atoms with Gasteiger partial charge in [0.15, 0.2) is 0 Å². The highest BCUT2D eigenvalue weighted by molar-refractivity contribution is 5.69. The normalized spacial score (nSPS) is 10.8. The predicted octanol–water partition coefficient (Wildman–Crippen LogP) is 3.40. The van der Waals surface area contributed by atoms with Crippen LogP contribution in [0.25, 0.3) is 0 Å². The molecule has 1 rings (SSSR count). The van der Waals surface area contributed by atoms with Crippen LogP contribution in [0.5, 0.6) is 5.75 Å². The molecule has 0 saturated heterocycles. The van der Waals surface area contributed by atoms with Crippen LogP contribution in [0.2, 0.25) is 0 Å². The van der Waals surface area contributed by atoms with Crippen LogP contribution in [0.3, 0.4) is 0 Å². The third-order valence-electron chi connectivity index (χ3n) is 2.24. The SMILES string of the molecule is C=C(C)OC(C)(C)c1ccc(OC(C)=O)cc1. The van der Waals surface area contributed by atoms with Crippen LogP contribution < -0.4 is 4.74 Å². The summed E-state index contributed by atoms with van der Waals surface area (Å²) in [6.07, 6.45) is 0. The lowest BCUT2D eigenvalue weighted by Gasteiger charge is -2.27. The molecule has 0 bridgehead atoms. The second-order valence-corrected chi connectivity index (χ2v) is 4.43. The number of esters is 1. The molecule has 1 aromatic rings. The van der Waals surface area contributed by atoms with Crippen molar-refractivity contribution in [3.8, 4) is 5.75 Å². The van der Waals surface area contributed by atoms with E-state index in [9.17, 15) is 4.79 Å². The zero-order chi connectivity index (χ0) is 13.1. The van der Waals surface area contributed by atoms with Gasteiger partial charge in [0.25, 0.3) is 0 Å². The molecular weight excluding hydrogens is 216 g/mol. The third-order valence-corrected chi connectivity index (χ3v) is 2.24. The number of ether oxygens (including phenoxy) is 2. The Kier molecular flexibility index (Phi) is 3.94. The van der Waals surface area contributed by atoms with Crippen LogP contribution in [0.15, 0.2) is 36.6 Å². The topological polar surface area (TPSA) is 35.5 Å². The van der Waals surface area contributed by atoms with Gasteiger partial charge in [0.05, 0.1) is 5.76 Å². The van der Waals surface area contributed by atoms with Crippen molar-refractivity contribution < 1.29 is 14.3 Å². The maximum absolute atomic E-state index is 10.8. The molecule has 0 aromatic heterocycles. The second kappa shape index (κ2) is 5.04. The Labute approximate surface area is 102 Å². The van der Waals surface area contributed by atoms with Gasteiger partial charge in [-0.15, -0.1) is 0 Å². The highest BCUT2D eigenvalue weighted by atomic mass is 16.5. The van der Waals surface area contributed by atoms with E-state index in [4.69, 9.17) is 9.47 Å². The molecule has 0 spiro atoms. The van der Waals surface area contributed by atoms with Crippen molar-refractivity contribution in [2.24, 2.45) is 0 Å². The minimum Gasteiger partial charge on any atom is -0.488 e. The number of carbonyl (C=O) groups is 1. The molecule has 0 saturated carbocycles. The van der Waals surface area contributed by atoms with Crippen LogP contribution >= 0.6 is 0 Å². The third kappa shape index (κ3) is 3.94. The first-order chi connectivity index (χ1) is 7.81. The summed E-state index contributed by atoms with van der Waals surface area (Å²) in [5.41, 5.74) is 0.553. The molecule has 0 fully saturated rings. The van der Waals surface area contributed by atoms with Gasteiger partial charge in [-0.25, -0.2) is 0 Å². The van der Waals surface area contributed by atoms with Crippen LogP contribution in [0.4, 0.5) is 0 Å². The number of hydrogen-bond acceptors (Lipinski definition) is 3. The molecule has 17 heavy (non-hydrogen) atoms. The molecule has 0 N–H and O–H groups in total. The lowest BCUT2D eigenvalue weighted by molar-refractivity contribution is -0.131. The van der Waals surface area contributed by atoms with Gasteiger partial charge in [-0.1, -0.05) is 18.7 Å². The Bertz CT molecular complexity index is 416. The number of rotatable bonds is 4. The molecule has 92 valence electrons. The van der Waals surface area contributed by atoms with Gasteiger partial charge in [-0.2, -0.15) is 0 Å². The monoisotopic (exact) mass is 234 g/mol. The largest absolute Gasteiger partial charge is 0.488 e. The van der Waals surface area contributed by atoms with Crippen LogP contribution in [-0.2, 0) is 15.1 Å². The summed E-state index contributed by atoms with van der Waals surface area (Å²) in [4.78, 5) is 10.8. The number of hydrogen-bond donors (Lipinski definition) is 0. The number of allylic oxidation sites excluding steroid dienone is 1. The summed E-state index contributed by atoms with van der Waals surface area (Å²) < 4.78 is 10.6. The number of benzene rings is 1. The van der Waals surface area contributed by atoms with E-state index in [1.54, 1.807) is 12.1 Å². The summed E-state index contributed by atoms with van der Waals surface area (Å²) in [6, 6.07) is 7.25. The van der Waals surface area contributed by atoms with E-state index in [1.165, 1.54) is 6.92 Å². The first-order valence-corrected chi connectivity index (χ1v) is 5.45. The summed E-state index contributed by atoms with van der Waals surface area (Å²) >= 11 is 0. The maximum atomic E-state index is 10.8.